The second-order valence-corrected chi connectivity index (χ2v) is 7.15. The normalized spacial score (nSPS) is 12.0. The topological polar surface area (TPSA) is 106 Å². The summed E-state index contributed by atoms with van der Waals surface area (Å²) in [6.07, 6.45) is 3.91. The number of imidazole rings is 1. The molecule has 156 valence electrons. The summed E-state index contributed by atoms with van der Waals surface area (Å²) in [4.78, 5) is 26.6. The molecule has 8 nitrogen and oxygen atoms in total. The van der Waals surface area contributed by atoms with Gasteiger partial charge in [-0.1, -0.05) is 12.1 Å². The number of nitrogens with one attached hydrogen (secondary N) is 1. The molecule has 2 aromatic carbocycles. The average molecular weight is 407 g/mol. The van der Waals surface area contributed by atoms with Gasteiger partial charge < -0.3 is 10.5 Å². The van der Waals surface area contributed by atoms with Crippen LogP contribution in [0.5, 0.6) is 0 Å². The number of hydrogen-bond donors (Lipinski definition) is 2. The molecule has 1 atom stereocenters. The first-order valence-corrected chi connectivity index (χ1v) is 9.40. The van der Waals surface area contributed by atoms with Gasteiger partial charge in [0.2, 0.25) is 0 Å². The van der Waals surface area contributed by atoms with Crippen LogP contribution in [0.1, 0.15) is 11.1 Å². The van der Waals surface area contributed by atoms with Gasteiger partial charge in [-0.25, -0.2) is 4.79 Å². The van der Waals surface area contributed by atoms with Gasteiger partial charge in [0.15, 0.2) is 0 Å². The molecule has 1 aromatic heterocycles. The summed E-state index contributed by atoms with van der Waals surface area (Å²) in [6.45, 7) is 0. The lowest BCUT2D eigenvalue weighted by Crippen LogP contribution is -2.38. The number of hydrogen-bond acceptors (Lipinski definition) is 5. The summed E-state index contributed by atoms with van der Waals surface area (Å²) < 4.78 is 7.95. The number of nitrogens with zero attached hydrogens (tertiary/aromatic N) is 3. The molecule has 0 bridgehead atoms. The Balaban J connectivity index is 1.83. The molecular weight excluding hydrogens is 382 g/mol. The highest BCUT2D eigenvalue weighted by molar-refractivity contribution is 5.95. The minimum absolute atomic E-state index is 0.0183. The Morgan fingerprint density at radius 1 is 1.03 bits per heavy atom. The third-order valence-electron chi connectivity index (χ3n) is 4.97. The van der Waals surface area contributed by atoms with Gasteiger partial charge in [-0.05, 0) is 62.5 Å². The minimum atomic E-state index is -0.373. The van der Waals surface area contributed by atoms with Crippen LogP contribution in [0.2, 0.25) is 0 Å². The van der Waals surface area contributed by atoms with Crippen molar-refractivity contribution >= 4 is 11.8 Å². The van der Waals surface area contributed by atoms with Crippen LogP contribution >= 0.6 is 0 Å². The first-order chi connectivity index (χ1) is 14.3. The molecule has 0 fully saturated rings. The number of benzene rings is 2. The zero-order chi connectivity index (χ0) is 21.8. The van der Waals surface area contributed by atoms with Gasteiger partial charge in [0.25, 0.3) is 0 Å². The molecule has 0 amide bonds. The summed E-state index contributed by atoms with van der Waals surface area (Å²) in [7, 11) is 5.05. The van der Waals surface area contributed by atoms with E-state index in [-0.39, 0.29) is 23.5 Å². The van der Waals surface area contributed by atoms with E-state index in [1.54, 1.807) is 41.2 Å². The Kier molecular flexibility index (Phi) is 6.17. The van der Waals surface area contributed by atoms with Gasteiger partial charge in [0, 0.05) is 18.0 Å². The van der Waals surface area contributed by atoms with E-state index in [1.165, 1.54) is 11.7 Å². The van der Waals surface area contributed by atoms with Crippen molar-refractivity contribution < 1.29 is 9.53 Å². The van der Waals surface area contributed by atoms with Crippen molar-refractivity contribution in [3.8, 4) is 11.4 Å². The van der Waals surface area contributed by atoms with Gasteiger partial charge >= 0.3 is 11.7 Å². The van der Waals surface area contributed by atoms with E-state index in [2.05, 4.69) is 0 Å². The molecule has 30 heavy (non-hydrogen) atoms. The number of carbonyl (C=O) groups is 1. The number of likely N-dealkylation sites (N-methyl/N-ethyl adjacent to an activating group) is 1. The predicted molar refractivity (Wildman–Crippen MR) is 116 cm³/mol. The first-order valence-electron chi connectivity index (χ1n) is 9.40. The quantitative estimate of drug-likeness (QED) is 0.351. The first kappa shape index (κ1) is 21.1. The van der Waals surface area contributed by atoms with Gasteiger partial charge in [0.1, 0.15) is 11.9 Å². The van der Waals surface area contributed by atoms with Gasteiger partial charge in [-0.2, -0.15) is 0 Å². The van der Waals surface area contributed by atoms with E-state index in [1.807, 2.05) is 43.3 Å². The van der Waals surface area contributed by atoms with Gasteiger partial charge in [-0.15, -0.1) is 0 Å². The summed E-state index contributed by atoms with van der Waals surface area (Å²) >= 11 is 0. The van der Waals surface area contributed by atoms with Crippen LogP contribution in [0.25, 0.3) is 11.4 Å². The highest BCUT2D eigenvalue weighted by Crippen LogP contribution is 2.14. The number of rotatable bonds is 7. The molecule has 0 aliphatic rings. The number of aromatic nitrogens is 2. The van der Waals surface area contributed by atoms with E-state index in [4.69, 9.17) is 15.9 Å². The highest BCUT2D eigenvalue weighted by atomic mass is 16.5. The predicted octanol–water partition coefficient (Wildman–Crippen LogP) is 1.56. The Bertz CT molecular complexity index is 1100. The molecule has 0 saturated carbocycles. The molecule has 0 aliphatic heterocycles. The fourth-order valence-corrected chi connectivity index (χ4v) is 3.20. The molecule has 0 saturated heterocycles. The molecule has 8 heteroatoms. The van der Waals surface area contributed by atoms with Crippen LogP contribution in [0.15, 0.2) is 65.7 Å². The molecule has 0 spiro atoms. The number of esters is 1. The van der Waals surface area contributed by atoms with Crippen molar-refractivity contribution in [1.29, 1.82) is 5.41 Å². The fourth-order valence-electron chi connectivity index (χ4n) is 3.20. The zero-order valence-corrected chi connectivity index (χ0v) is 17.2. The SMILES string of the molecule is COC(=O)C(Cc1ccc(-n2ccn(-c3ccc(C(=N)N)cc3)c2=O)cc1)N(C)C. The Morgan fingerprint density at radius 3 is 1.97 bits per heavy atom. The minimum Gasteiger partial charge on any atom is -0.468 e. The summed E-state index contributed by atoms with van der Waals surface area (Å²) in [5.41, 5.74) is 8.25. The van der Waals surface area contributed by atoms with Crippen molar-refractivity contribution in [1.82, 2.24) is 14.0 Å². The van der Waals surface area contributed by atoms with Crippen LogP contribution in [-0.2, 0) is 16.0 Å². The highest BCUT2D eigenvalue weighted by Gasteiger charge is 2.21. The number of amidine groups is 1. The van der Waals surface area contributed by atoms with E-state index in [0.717, 1.165) is 11.3 Å². The largest absolute Gasteiger partial charge is 0.468 e. The van der Waals surface area contributed by atoms with E-state index >= 15 is 0 Å². The number of nitrogens with two attached hydrogens (primary N) is 1. The Hall–Kier alpha value is -3.65. The van der Waals surface area contributed by atoms with Gasteiger partial charge in [0.05, 0.1) is 18.5 Å². The van der Waals surface area contributed by atoms with Crippen LogP contribution < -0.4 is 11.4 Å². The molecule has 3 aromatic rings. The third kappa shape index (κ3) is 4.33. The van der Waals surface area contributed by atoms with Gasteiger partial charge in [-0.3, -0.25) is 24.2 Å². The summed E-state index contributed by atoms with van der Waals surface area (Å²) in [6, 6.07) is 14.0. The number of carbonyl (C=O) groups excluding carboxylic acids is 1. The standard InChI is InChI=1S/C22H25N5O3/c1-25(2)19(21(28)30-3)14-15-4-8-17(9-5-15)26-12-13-27(22(26)29)18-10-6-16(7-11-18)20(23)24/h4-13,19H,14H2,1-3H3,(H3,23,24). The van der Waals surface area contributed by atoms with Crippen LogP contribution in [0.4, 0.5) is 0 Å². The average Bonchev–Trinajstić information content (AvgIpc) is 3.13. The van der Waals surface area contributed by atoms with Crippen LogP contribution in [-0.4, -0.2) is 53.1 Å². The van der Waals surface area contributed by atoms with E-state index < -0.39 is 0 Å². The lowest BCUT2D eigenvalue weighted by atomic mass is 10.0. The van der Waals surface area contributed by atoms with Crippen molar-refractivity contribution in [2.45, 2.75) is 12.5 Å². The molecule has 3 N–H and O–H groups in total. The van der Waals surface area contributed by atoms with Crippen molar-refractivity contribution in [2.24, 2.45) is 5.73 Å². The molecule has 0 aliphatic carbocycles. The van der Waals surface area contributed by atoms with Crippen molar-refractivity contribution in [3.63, 3.8) is 0 Å². The Labute approximate surface area is 174 Å². The maximum Gasteiger partial charge on any atom is 0.337 e. The Morgan fingerprint density at radius 2 is 1.53 bits per heavy atom. The van der Waals surface area contributed by atoms with Crippen LogP contribution in [0, 0.1) is 5.41 Å². The van der Waals surface area contributed by atoms with E-state index in [9.17, 15) is 9.59 Å². The third-order valence-corrected chi connectivity index (χ3v) is 4.97. The number of methoxy groups -OCH3 is 1. The molecule has 1 heterocycles. The van der Waals surface area contributed by atoms with Crippen molar-refractivity contribution in [2.75, 3.05) is 21.2 Å². The number of ether oxygens (including phenoxy) is 1. The van der Waals surface area contributed by atoms with E-state index in [0.29, 0.717) is 17.7 Å². The lowest BCUT2D eigenvalue weighted by molar-refractivity contribution is -0.145. The molecule has 3 rings (SSSR count). The second-order valence-electron chi connectivity index (χ2n) is 7.15. The smallest absolute Gasteiger partial charge is 0.337 e. The van der Waals surface area contributed by atoms with Crippen LogP contribution in [0.3, 0.4) is 0 Å². The molecule has 0 radical (unpaired) electrons. The molecule has 1 unspecified atom stereocenters. The fraction of sp³-hybridized carbons (Fsp3) is 0.227. The maximum absolute atomic E-state index is 12.9. The summed E-state index contributed by atoms with van der Waals surface area (Å²) in [5, 5.41) is 7.46. The monoisotopic (exact) mass is 407 g/mol. The lowest BCUT2D eigenvalue weighted by Gasteiger charge is -2.21. The number of nitrogen functional groups attached to an aromatic ring is 1. The van der Waals surface area contributed by atoms with Crippen molar-refractivity contribution in [3.05, 3.63) is 82.5 Å². The second kappa shape index (κ2) is 8.79. The zero-order valence-electron chi connectivity index (χ0n) is 17.2. The maximum atomic E-state index is 12.9. The molecular formula is C22H25N5O3. The summed E-state index contributed by atoms with van der Waals surface area (Å²) in [5.74, 6) is -0.302.